The molecular formula is C21H16FNO3S. The third-order valence-corrected chi connectivity index (χ3v) is 6.02. The number of carboxylic acid groups (broad SMARTS) is 1. The van der Waals surface area contributed by atoms with Gasteiger partial charge in [0.2, 0.25) is 0 Å². The predicted octanol–water partition coefficient (Wildman–Crippen LogP) is 4.37. The van der Waals surface area contributed by atoms with E-state index in [9.17, 15) is 19.1 Å². The molecule has 0 bridgehead atoms. The number of benzene rings is 2. The molecule has 27 heavy (non-hydrogen) atoms. The van der Waals surface area contributed by atoms with Crippen molar-refractivity contribution in [2.24, 2.45) is 0 Å². The van der Waals surface area contributed by atoms with Gasteiger partial charge in [-0.1, -0.05) is 30.3 Å². The van der Waals surface area contributed by atoms with Crippen molar-refractivity contribution < 1.29 is 14.3 Å². The lowest BCUT2D eigenvalue weighted by atomic mass is 10.0. The molecule has 1 aliphatic rings. The van der Waals surface area contributed by atoms with Gasteiger partial charge in [-0.05, 0) is 25.1 Å². The Bertz CT molecular complexity index is 1120. The van der Waals surface area contributed by atoms with Crippen LogP contribution in [0.1, 0.15) is 32.6 Å². The number of hydrogen-bond acceptors (Lipinski definition) is 3. The Hall–Kier alpha value is -2.86. The van der Waals surface area contributed by atoms with Crippen LogP contribution in [0.4, 0.5) is 4.39 Å². The Labute approximate surface area is 159 Å². The molecule has 0 unspecified atom stereocenters. The van der Waals surface area contributed by atoms with Crippen LogP contribution in [-0.2, 0) is 6.42 Å². The van der Waals surface area contributed by atoms with Gasteiger partial charge in [0.25, 0.3) is 0 Å². The molecule has 1 N–H and O–H groups in total. The van der Waals surface area contributed by atoms with Crippen molar-refractivity contribution in [1.82, 2.24) is 4.57 Å². The molecule has 1 aliphatic heterocycles. The van der Waals surface area contributed by atoms with Crippen molar-refractivity contribution >= 4 is 17.7 Å². The van der Waals surface area contributed by atoms with Gasteiger partial charge < -0.3 is 9.67 Å². The number of rotatable bonds is 2. The summed E-state index contributed by atoms with van der Waals surface area (Å²) in [6.07, 6.45) is 0.235. The molecule has 0 aliphatic carbocycles. The molecule has 0 saturated carbocycles. The molecule has 136 valence electrons. The quantitative estimate of drug-likeness (QED) is 0.716. The molecule has 1 atom stereocenters. The monoisotopic (exact) mass is 381 g/mol. The molecule has 0 fully saturated rings. The Kier molecular flexibility index (Phi) is 4.36. The van der Waals surface area contributed by atoms with E-state index in [1.54, 1.807) is 25.1 Å². The Balaban J connectivity index is 2.05. The van der Waals surface area contributed by atoms with Crippen molar-refractivity contribution in [3.63, 3.8) is 0 Å². The summed E-state index contributed by atoms with van der Waals surface area (Å²) in [4.78, 5) is 25.2. The maximum absolute atomic E-state index is 14.5. The number of carbonyl (C=O) groups is 1. The van der Waals surface area contributed by atoms with Crippen molar-refractivity contribution in [2.45, 2.75) is 23.5 Å². The fourth-order valence-corrected chi connectivity index (χ4v) is 4.88. The summed E-state index contributed by atoms with van der Waals surface area (Å²) in [5.74, 6) is -1.60. The second kappa shape index (κ2) is 6.70. The van der Waals surface area contributed by atoms with Crippen molar-refractivity contribution in [3.05, 3.63) is 93.2 Å². The number of aromatic nitrogens is 1. The topological polar surface area (TPSA) is 59.3 Å². The average molecular weight is 381 g/mol. The zero-order valence-electron chi connectivity index (χ0n) is 14.5. The first-order valence-corrected chi connectivity index (χ1v) is 9.34. The molecule has 2 heterocycles. The van der Waals surface area contributed by atoms with Gasteiger partial charge in [-0.3, -0.25) is 4.79 Å². The number of aryl methyl sites for hydroxylation is 1. The summed E-state index contributed by atoms with van der Waals surface area (Å²) in [5.41, 5.74) is 1.58. The first-order chi connectivity index (χ1) is 13.0. The largest absolute Gasteiger partial charge is 0.477 e. The minimum absolute atomic E-state index is 0.235. The number of pyridine rings is 1. The van der Waals surface area contributed by atoms with Crippen LogP contribution in [-0.4, -0.2) is 15.6 Å². The number of aromatic carboxylic acids is 1. The lowest BCUT2D eigenvalue weighted by molar-refractivity contribution is 0.0693. The summed E-state index contributed by atoms with van der Waals surface area (Å²) in [5, 5.41) is 9.32. The van der Waals surface area contributed by atoms with E-state index in [0.717, 1.165) is 10.6 Å². The number of halogens is 1. The van der Waals surface area contributed by atoms with Crippen LogP contribution in [0.15, 0.2) is 64.3 Å². The van der Waals surface area contributed by atoms with Crippen LogP contribution in [0.3, 0.4) is 0 Å². The average Bonchev–Trinajstić information content (AvgIpc) is 2.78. The van der Waals surface area contributed by atoms with Crippen molar-refractivity contribution in [2.75, 3.05) is 0 Å². The molecule has 4 rings (SSSR count). The Morgan fingerprint density at radius 2 is 1.89 bits per heavy atom. The summed E-state index contributed by atoms with van der Waals surface area (Å²) >= 11 is 1.48. The van der Waals surface area contributed by atoms with Crippen LogP contribution in [0.25, 0.3) is 5.69 Å². The van der Waals surface area contributed by atoms with Crippen molar-refractivity contribution in [3.8, 4) is 5.69 Å². The van der Waals surface area contributed by atoms with Gasteiger partial charge in [0.1, 0.15) is 11.4 Å². The Morgan fingerprint density at radius 1 is 1.19 bits per heavy atom. The highest BCUT2D eigenvalue weighted by Gasteiger charge is 2.29. The predicted molar refractivity (Wildman–Crippen MR) is 102 cm³/mol. The molecule has 0 amide bonds. The van der Waals surface area contributed by atoms with E-state index in [1.165, 1.54) is 23.9 Å². The van der Waals surface area contributed by atoms with E-state index >= 15 is 0 Å². The van der Waals surface area contributed by atoms with Crippen molar-refractivity contribution in [1.29, 1.82) is 0 Å². The number of hydrogen-bond donors (Lipinski definition) is 1. The highest BCUT2D eigenvalue weighted by atomic mass is 32.2. The fraction of sp³-hybridized carbons (Fsp3) is 0.143. The van der Waals surface area contributed by atoms with Crippen LogP contribution in [0.2, 0.25) is 0 Å². The third kappa shape index (κ3) is 2.96. The molecule has 0 spiro atoms. The maximum atomic E-state index is 14.5. The summed E-state index contributed by atoms with van der Waals surface area (Å²) < 4.78 is 16.3. The SMILES string of the molecule is Cc1cc(=O)c(C(=O)O)c2n1-c1ccccc1S[C@@H](c1ccccc1F)C2. The molecule has 4 nitrogen and oxygen atoms in total. The minimum Gasteiger partial charge on any atom is -0.477 e. The zero-order chi connectivity index (χ0) is 19.1. The van der Waals surface area contributed by atoms with Crippen LogP contribution >= 0.6 is 11.8 Å². The normalized spacial score (nSPS) is 15.6. The maximum Gasteiger partial charge on any atom is 0.341 e. The van der Waals surface area contributed by atoms with E-state index < -0.39 is 11.4 Å². The van der Waals surface area contributed by atoms with E-state index in [1.807, 2.05) is 28.8 Å². The first kappa shape index (κ1) is 17.5. The molecule has 3 aromatic rings. The van der Waals surface area contributed by atoms with Crippen LogP contribution in [0.5, 0.6) is 0 Å². The highest BCUT2D eigenvalue weighted by molar-refractivity contribution is 7.99. The van der Waals surface area contributed by atoms with E-state index in [0.29, 0.717) is 17.0 Å². The van der Waals surface area contributed by atoms with Crippen LogP contribution < -0.4 is 5.43 Å². The fourth-order valence-electron chi connectivity index (χ4n) is 3.57. The third-order valence-electron chi connectivity index (χ3n) is 4.72. The standard InChI is InChI=1S/C21H16FNO3S/c1-12-10-17(24)20(21(25)26)16-11-19(13-6-2-3-7-14(13)22)27-18-9-5-4-8-15(18)23(12)16/h2-10,19H,11H2,1H3,(H,25,26)/t19-/m1/s1. The number of para-hydroxylation sites is 1. The molecule has 6 heteroatoms. The molecule has 0 saturated heterocycles. The lowest BCUT2D eigenvalue weighted by Crippen LogP contribution is -2.24. The lowest BCUT2D eigenvalue weighted by Gasteiger charge is -2.19. The molecule has 1 aromatic heterocycles. The highest BCUT2D eigenvalue weighted by Crippen LogP contribution is 2.44. The van der Waals surface area contributed by atoms with Gasteiger partial charge in [-0.25, -0.2) is 9.18 Å². The smallest absolute Gasteiger partial charge is 0.341 e. The first-order valence-electron chi connectivity index (χ1n) is 8.46. The van der Waals surface area contributed by atoms with Crippen LogP contribution in [0, 0.1) is 12.7 Å². The number of fused-ring (bicyclic) bond motifs is 3. The van der Waals surface area contributed by atoms with E-state index in [2.05, 4.69) is 0 Å². The summed E-state index contributed by atoms with van der Waals surface area (Å²) in [6.45, 7) is 1.78. The molecule has 2 aromatic carbocycles. The number of thioether (sulfide) groups is 1. The second-order valence-corrected chi connectivity index (χ2v) is 7.66. The van der Waals surface area contributed by atoms with E-state index in [-0.39, 0.29) is 23.1 Å². The van der Waals surface area contributed by atoms with Gasteiger partial charge in [-0.2, -0.15) is 0 Å². The van der Waals surface area contributed by atoms with Gasteiger partial charge in [-0.15, -0.1) is 11.8 Å². The zero-order valence-corrected chi connectivity index (χ0v) is 15.3. The van der Waals surface area contributed by atoms with Gasteiger partial charge in [0, 0.05) is 39.6 Å². The number of nitrogens with zero attached hydrogens (tertiary/aromatic N) is 1. The Morgan fingerprint density at radius 3 is 2.63 bits per heavy atom. The summed E-state index contributed by atoms with van der Waals surface area (Å²) in [6, 6.07) is 15.4. The van der Waals surface area contributed by atoms with Gasteiger partial charge >= 0.3 is 5.97 Å². The minimum atomic E-state index is -1.26. The second-order valence-electron chi connectivity index (χ2n) is 6.41. The summed E-state index contributed by atoms with van der Waals surface area (Å²) in [7, 11) is 0. The number of carboxylic acids is 1. The molecule has 0 radical (unpaired) electrons. The molecular weight excluding hydrogens is 365 g/mol. The van der Waals surface area contributed by atoms with Gasteiger partial charge in [0.05, 0.1) is 5.69 Å². The van der Waals surface area contributed by atoms with E-state index in [4.69, 9.17) is 0 Å². The van der Waals surface area contributed by atoms with Gasteiger partial charge in [0.15, 0.2) is 5.43 Å².